The van der Waals surface area contributed by atoms with Crippen LogP contribution in [-0.4, -0.2) is 76.5 Å². The summed E-state index contributed by atoms with van der Waals surface area (Å²) in [5, 5.41) is 26.6. The second-order valence-corrected chi connectivity index (χ2v) is 9.62. The molecule has 40 heavy (non-hydrogen) atoms. The molecule has 0 fully saturated rings. The molecule has 0 spiro atoms. The summed E-state index contributed by atoms with van der Waals surface area (Å²) in [4.78, 5) is 65.8. The van der Waals surface area contributed by atoms with Crippen LogP contribution in [0, 0.1) is 5.92 Å². The van der Waals surface area contributed by atoms with Gasteiger partial charge in [-0.05, 0) is 42.9 Å². The number of carboxylic acid groups (broad SMARTS) is 1. The summed E-state index contributed by atoms with van der Waals surface area (Å²) in [5.74, 6) is -4.65. The molecule has 0 saturated carbocycles. The van der Waals surface area contributed by atoms with Gasteiger partial charge in [0.25, 0.3) is 0 Å². The van der Waals surface area contributed by atoms with Crippen LogP contribution in [0.2, 0.25) is 0 Å². The molecule has 0 aliphatic carbocycles. The van der Waals surface area contributed by atoms with Crippen molar-refractivity contribution < 1.29 is 34.2 Å². The van der Waals surface area contributed by atoms with Crippen molar-refractivity contribution in [2.45, 2.75) is 70.1 Å². The maximum atomic E-state index is 13.3. The molecule has 0 heterocycles. The minimum Gasteiger partial charge on any atom is -0.508 e. The number of phenols is 1. The predicted molar refractivity (Wildman–Crippen MR) is 146 cm³/mol. The van der Waals surface area contributed by atoms with E-state index in [2.05, 4.69) is 20.9 Å². The molecule has 4 atom stereocenters. The number of aromatic hydroxyl groups is 1. The van der Waals surface area contributed by atoms with Crippen LogP contribution in [0.4, 0.5) is 0 Å². The SMILES string of the molecule is CC(C)C(N)C(=O)NC(CCCN=C(N)N)C(=O)NC(Cc1ccc(O)cc1)C(=O)NC(CCC(N)=O)C(=O)O. The van der Waals surface area contributed by atoms with E-state index in [-0.39, 0.29) is 49.9 Å². The number of hydrogen-bond acceptors (Lipinski definition) is 8. The van der Waals surface area contributed by atoms with Gasteiger partial charge in [0.05, 0.1) is 6.04 Å². The van der Waals surface area contributed by atoms with Gasteiger partial charge in [-0.15, -0.1) is 0 Å². The fourth-order valence-corrected chi connectivity index (χ4v) is 3.51. The van der Waals surface area contributed by atoms with Gasteiger partial charge in [-0.3, -0.25) is 24.2 Å². The number of carboxylic acids is 1. The third-order valence-electron chi connectivity index (χ3n) is 5.90. The Labute approximate surface area is 232 Å². The number of carbonyl (C=O) groups is 5. The molecule has 0 aliphatic rings. The smallest absolute Gasteiger partial charge is 0.326 e. The predicted octanol–water partition coefficient (Wildman–Crippen LogP) is -2.22. The molecule has 0 aliphatic heterocycles. The molecule has 0 bridgehead atoms. The lowest BCUT2D eigenvalue weighted by Gasteiger charge is -2.26. The number of benzene rings is 1. The summed E-state index contributed by atoms with van der Waals surface area (Å²) in [5.41, 5.74) is 22.2. The number of aliphatic carboxylic acids is 1. The van der Waals surface area contributed by atoms with Crippen LogP contribution < -0.4 is 38.9 Å². The Kier molecular flexibility index (Phi) is 13.9. The molecular formula is C25H40N8O7. The zero-order valence-corrected chi connectivity index (χ0v) is 22.6. The van der Waals surface area contributed by atoms with E-state index < -0.39 is 53.8 Å². The fourth-order valence-electron chi connectivity index (χ4n) is 3.51. The molecule has 13 N–H and O–H groups in total. The minimum atomic E-state index is -1.45. The highest BCUT2D eigenvalue weighted by molar-refractivity contribution is 5.94. The number of hydrogen-bond donors (Lipinski definition) is 9. The number of phenolic OH excluding ortho intramolecular Hbond substituents is 1. The van der Waals surface area contributed by atoms with Gasteiger partial charge in [-0.1, -0.05) is 26.0 Å². The zero-order valence-electron chi connectivity index (χ0n) is 22.6. The number of nitrogens with zero attached hydrogens (tertiary/aromatic N) is 1. The largest absolute Gasteiger partial charge is 0.508 e. The summed E-state index contributed by atoms with van der Waals surface area (Å²) < 4.78 is 0. The lowest BCUT2D eigenvalue weighted by atomic mass is 10.0. The van der Waals surface area contributed by atoms with Crippen LogP contribution in [0.3, 0.4) is 0 Å². The van der Waals surface area contributed by atoms with Crippen LogP contribution in [0.5, 0.6) is 5.75 Å². The van der Waals surface area contributed by atoms with Crippen molar-refractivity contribution in [1.29, 1.82) is 0 Å². The standard InChI is InChI=1S/C25H40N8O7/c1-13(2)20(27)23(38)31-16(4-3-11-30-25(28)29)21(36)33-18(12-14-5-7-15(34)8-6-14)22(37)32-17(24(39)40)9-10-19(26)35/h5-8,13,16-18,20,34H,3-4,9-12,27H2,1-2H3,(H2,26,35)(H,31,38)(H,32,37)(H,33,36)(H,39,40)(H4,28,29,30). The topological polar surface area (TPSA) is 278 Å². The molecule has 1 aromatic carbocycles. The quantitative estimate of drug-likeness (QED) is 0.0558. The Balaban J connectivity index is 3.20. The Morgan fingerprint density at radius 3 is 1.93 bits per heavy atom. The monoisotopic (exact) mass is 564 g/mol. The van der Waals surface area contributed by atoms with Crippen molar-refractivity contribution in [2.75, 3.05) is 6.54 Å². The van der Waals surface area contributed by atoms with Gasteiger partial charge < -0.3 is 49.1 Å². The van der Waals surface area contributed by atoms with Crippen LogP contribution in [-0.2, 0) is 30.4 Å². The molecule has 1 aromatic rings. The van der Waals surface area contributed by atoms with Gasteiger partial charge >= 0.3 is 5.97 Å². The van der Waals surface area contributed by atoms with Crippen molar-refractivity contribution >= 4 is 35.6 Å². The third-order valence-corrected chi connectivity index (χ3v) is 5.90. The Morgan fingerprint density at radius 1 is 0.850 bits per heavy atom. The number of aliphatic imine (C=N–C) groups is 1. The maximum absolute atomic E-state index is 13.3. The number of rotatable bonds is 17. The average molecular weight is 565 g/mol. The summed E-state index contributed by atoms with van der Waals surface area (Å²) in [6.07, 6.45) is -0.224. The third kappa shape index (κ3) is 12.4. The normalized spacial score (nSPS) is 13.8. The molecule has 1 rings (SSSR count). The van der Waals surface area contributed by atoms with Crippen molar-refractivity contribution in [1.82, 2.24) is 16.0 Å². The molecule has 0 radical (unpaired) electrons. The molecule has 15 nitrogen and oxygen atoms in total. The van der Waals surface area contributed by atoms with E-state index in [9.17, 15) is 34.2 Å². The lowest BCUT2D eigenvalue weighted by Crippen LogP contribution is -2.58. The van der Waals surface area contributed by atoms with E-state index in [1.165, 1.54) is 24.3 Å². The van der Waals surface area contributed by atoms with E-state index >= 15 is 0 Å². The van der Waals surface area contributed by atoms with Gasteiger partial charge in [0.15, 0.2) is 5.96 Å². The Bertz CT molecular complexity index is 1060. The number of amides is 4. The highest BCUT2D eigenvalue weighted by Gasteiger charge is 2.31. The van der Waals surface area contributed by atoms with Gasteiger partial charge in [0.1, 0.15) is 23.9 Å². The first kappa shape index (κ1) is 33.6. The lowest BCUT2D eigenvalue weighted by molar-refractivity contribution is -0.142. The van der Waals surface area contributed by atoms with Crippen LogP contribution in [0.25, 0.3) is 0 Å². The van der Waals surface area contributed by atoms with Gasteiger partial charge in [-0.25, -0.2) is 4.79 Å². The zero-order chi connectivity index (χ0) is 30.4. The van der Waals surface area contributed by atoms with Gasteiger partial charge in [0, 0.05) is 19.4 Å². The number of primary amides is 1. The van der Waals surface area contributed by atoms with E-state index in [0.29, 0.717) is 12.0 Å². The molecule has 4 unspecified atom stereocenters. The van der Waals surface area contributed by atoms with E-state index in [1.807, 2.05) is 0 Å². The number of nitrogens with one attached hydrogen (secondary N) is 3. The Hall–Kier alpha value is -4.40. The minimum absolute atomic E-state index is 0.0174. The van der Waals surface area contributed by atoms with Crippen LogP contribution in [0.1, 0.15) is 45.1 Å². The van der Waals surface area contributed by atoms with Gasteiger partial charge in [-0.2, -0.15) is 0 Å². The summed E-state index contributed by atoms with van der Waals surface area (Å²) in [6.45, 7) is 3.66. The highest BCUT2D eigenvalue weighted by atomic mass is 16.4. The fraction of sp³-hybridized carbons (Fsp3) is 0.520. The molecule has 4 amide bonds. The van der Waals surface area contributed by atoms with Crippen LogP contribution in [0.15, 0.2) is 29.3 Å². The van der Waals surface area contributed by atoms with Crippen molar-refractivity contribution in [2.24, 2.45) is 33.8 Å². The molecular weight excluding hydrogens is 524 g/mol. The van der Waals surface area contributed by atoms with Crippen molar-refractivity contribution in [3.8, 4) is 5.75 Å². The van der Waals surface area contributed by atoms with E-state index in [4.69, 9.17) is 22.9 Å². The molecule has 0 aromatic heterocycles. The Morgan fingerprint density at radius 2 is 1.40 bits per heavy atom. The first-order valence-electron chi connectivity index (χ1n) is 12.7. The first-order chi connectivity index (χ1) is 18.7. The number of guanidine groups is 1. The molecule has 222 valence electrons. The second kappa shape index (κ2) is 16.5. The summed E-state index contributed by atoms with van der Waals surface area (Å²) in [6, 6.07) is 1.08. The number of nitrogens with two attached hydrogens (primary N) is 4. The van der Waals surface area contributed by atoms with Crippen molar-refractivity contribution in [3.05, 3.63) is 29.8 Å². The molecule has 0 saturated heterocycles. The highest BCUT2D eigenvalue weighted by Crippen LogP contribution is 2.13. The number of carbonyl (C=O) groups excluding carboxylic acids is 4. The van der Waals surface area contributed by atoms with Gasteiger partial charge in [0.2, 0.25) is 23.6 Å². The van der Waals surface area contributed by atoms with E-state index in [1.54, 1.807) is 13.8 Å². The second-order valence-electron chi connectivity index (χ2n) is 9.62. The van der Waals surface area contributed by atoms with E-state index in [0.717, 1.165) is 0 Å². The average Bonchev–Trinajstić information content (AvgIpc) is 2.87. The summed E-state index contributed by atoms with van der Waals surface area (Å²) >= 11 is 0. The van der Waals surface area contributed by atoms with Crippen molar-refractivity contribution in [3.63, 3.8) is 0 Å². The van der Waals surface area contributed by atoms with Crippen LogP contribution >= 0.6 is 0 Å². The molecule has 15 heteroatoms. The first-order valence-corrected chi connectivity index (χ1v) is 12.7. The maximum Gasteiger partial charge on any atom is 0.326 e. The summed E-state index contributed by atoms with van der Waals surface area (Å²) in [7, 11) is 0.